The van der Waals surface area contributed by atoms with Gasteiger partial charge in [-0.05, 0) is 30.3 Å². The van der Waals surface area contributed by atoms with Crippen LogP contribution in [0.25, 0.3) is 16.7 Å². The number of rotatable bonds is 3. The van der Waals surface area contributed by atoms with E-state index in [-0.39, 0.29) is 16.4 Å². The molecular formula is C16H14ClN3O3S2. The second-order valence-corrected chi connectivity index (χ2v) is 9.53. The molecule has 0 spiro atoms. The zero-order chi connectivity index (χ0) is 17.6. The summed E-state index contributed by atoms with van der Waals surface area (Å²) < 4.78 is 29.0. The molecule has 2 aromatic heterocycles. The second-order valence-electron chi connectivity index (χ2n) is 5.65. The summed E-state index contributed by atoms with van der Waals surface area (Å²) in [4.78, 5) is 15.1. The highest BCUT2D eigenvalue weighted by Gasteiger charge is 2.28. The molecule has 0 aliphatic carbocycles. The summed E-state index contributed by atoms with van der Waals surface area (Å²) in [6.45, 7) is 0.536. The van der Waals surface area contributed by atoms with Crippen LogP contribution in [0.5, 0.6) is 0 Å². The number of thiophene rings is 1. The number of fused-ring (bicyclic) bond motifs is 1. The van der Waals surface area contributed by atoms with Crippen molar-refractivity contribution in [2.75, 3.05) is 13.1 Å². The molecule has 0 bridgehead atoms. The fraction of sp³-hybridized carbons (Fsp3) is 0.188. The average molecular weight is 396 g/mol. The van der Waals surface area contributed by atoms with Crippen LogP contribution in [0.4, 0.5) is 0 Å². The molecule has 0 radical (unpaired) electrons. The van der Waals surface area contributed by atoms with E-state index in [0.29, 0.717) is 17.3 Å². The van der Waals surface area contributed by atoms with Crippen molar-refractivity contribution in [2.45, 2.75) is 10.6 Å². The Morgan fingerprint density at radius 1 is 1.16 bits per heavy atom. The molecule has 3 aromatic rings. The van der Waals surface area contributed by atoms with Crippen LogP contribution in [-0.2, 0) is 10.0 Å². The lowest BCUT2D eigenvalue weighted by Crippen LogP contribution is -2.35. The topological polar surface area (TPSA) is 75.2 Å². The molecule has 130 valence electrons. The number of hydrogen-bond acceptors (Lipinski definition) is 4. The van der Waals surface area contributed by atoms with Crippen molar-refractivity contribution in [3.05, 3.63) is 57.3 Å². The Hall–Kier alpha value is -1.87. The lowest BCUT2D eigenvalue weighted by Gasteiger charge is -2.25. The second kappa shape index (κ2) is 6.14. The number of aromatic nitrogens is 2. The number of benzene rings is 1. The first-order chi connectivity index (χ1) is 12.0. The molecule has 4 rings (SSSR count). The van der Waals surface area contributed by atoms with Gasteiger partial charge in [-0.2, -0.15) is 4.31 Å². The first-order valence-corrected chi connectivity index (χ1v) is 10.2. The zero-order valence-electron chi connectivity index (χ0n) is 13.0. The molecule has 1 aliphatic rings. The molecule has 25 heavy (non-hydrogen) atoms. The smallest absolute Gasteiger partial charge is 0.305 e. The van der Waals surface area contributed by atoms with Crippen molar-refractivity contribution in [3.63, 3.8) is 0 Å². The molecule has 3 heterocycles. The summed E-state index contributed by atoms with van der Waals surface area (Å²) in [5, 5.41) is 0. The van der Waals surface area contributed by atoms with E-state index in [2.05, 4.69) is 4.98 Å². The fourth-order valence-corrected chi connectivity index (χ4v) is 5.98. The molecule has 9 heteroatoms. The average Bonchev–Trinajstić information content (AvgIpc) is 3.18. The Kier molecular flexibility index (Phi) is 4.07. The standard InChI is InChI=1S/C16H14ClN3O3S2/c17-14-5-6-15(24-14)25(22,23)19-9-7-11(8-10-19)20-13-4-2-1-3-12(13)18-16(20)21/h1-7H,8-10H2,(H,18,21). The molecule has 0 unspecified atom stereocenters. The summed E-state index contributed by atoms with van der Waals surface area (Å²) in [5.41, 5.74) is 2.14. The third kappa shape index (κ3) is 2.85. The van der Waals surface area contributed by atoms with Gasteiger partial charge in [0, 0.05) is 25.2 Å². The van der Waals surface area contributed by atoms with Crippen LogP contribution < -0.4 is 5.69 Å². The molecule has 1 aliphatic heterocycles. The Morgan fingerprint density at radius 2 is 1.96 bits per heavy atom. The number of nitrogens with zero attached hydrogens (tertiary/aromatic N) is 2. The van der Waals surface area contributed by atoms with E-state index in [4.69, 9.17) is 11.6 Å². The highest BCUT2D eigenvalue weighted by Crippen LogP contribution is 2.30. The van der Waals surface area contributed by atoms with Crippen LogP contribution in [0.2, 0.25) is 4.34 Å². The van der Waals surface area contributed by atoms with Gasteiger partial charge in [-0.1, -0.05) is 23.7 Å². The molecule has 1 aromatic carbocycles. The van der Waals surface area contributed by atoms with Gasteiger partial charge in [0.1, 0.15) is 4.21 Å². The highest BCUT2D eigenvalue weighted by molar-refractivity contribution is 7.91. The SMILES string of the molecule is O=c1[nH]c2ccccc2n1C1=CCN(S(=O)(=O)c2ccc(Cl)s2)CC1. The van der Waals surface area contributed by atoms with Crippen molar-refractivity contribution in [3.8, 4) is 0 Å². The first kappa shape index (κ1) is 16.6. The lowest BCUT2D eigenvalue weighted by molar-refractivity contribution is 0.439. The van der Waals surface area contributed by atoms with Gasteiger partial charge < -0.3 is 4.98 Å². The van der Waals surface area contributed by atoms with Gasteiger partial charge in [0.15, 0.2) is 0 Å². The Morgan fingerprint density at radius 3 is 2.64 bits per heavy atom. The van der Waals surface area contributed by atoms with Crippen LogP contribution in [-0.4, -0.2) is 35.4 Å². The number of sulfonamides is 1. The summed E-state index contributed by atoms with van der Waals surface area (Å²) in [6.07, 6.45) is 2.25. The van der Waals surface area contributed by atoms with Crippen LogP contribution in [0, 0.1) is 0 Å². The quantitative estimate of drug-likeness (QED) is 0.740. The van der Waals surface area contributed by atoms with Crippen LogP contribution >= 0.6 is 22.9 Å². The van der Waals surface area contributed by atoms with Crippen molar-refractivity contribution in [1.29, 1.82) is 0 Å². The maximum atomic E-state index is 12.6. The van der Waals surface area contributed by atoms with Crippen molar-refractivity contribution >= 4 is 49.7 Å². The van der Waals surface area contributed by atoms with Crippen molar-refractivity contribution in [1.82, 2.24) is 13.9 Å². The van der Waals surface area contributed by atoms with Crippen LogP contribution in [0.1, 0.15) is 6.42 Å². The predicted molar refractivity (Wildman–Crippen MR) is 99.5 cm³/mol. The maximum Gasteiger partial charge on any atom is 0.330 e. The summed E-state index contributed by atoms with van der Waals surface area (Å²) in [5.74, 6) is 0. The number of nitrogens with one attached hydrogen (secondary N) is 1. The number of H-pyrrole nitrogens is 1. The van der Waals surface area contributed by atoms with Gasteiger partial charge in [-0.25, -0.2) is 13.2 Å². The molecule has 0 atom stereocenters. The number of para-hydroxylation sites is 2. The van der Waals surface area contributed by atoms with Gasteiger partial charge in [-0.15, -0.1) is 11.3 Å². The highest BCUT2D eigenvalue weighted by atomic mass is 35.5. The third-order valence-electron chi connectivity index (χ3n) is 4.17. The predicted octanol–water partition coefficient (Wildman–Crippen LogP) is 2.98. The van der Waals surface area contributed by atoms with E-state index in [9.17, 15) is 13.2 Å². The lowest BCUT2D eigenvalue weighted by atomic mass is 10.2. The molecule has 0 saturated carbocycles. The van der Waals surface area contributed by atoms with E-state index in [1.54, 1.807) is 16.7 Å². The van der Waals surface area contributed by atoms with E-state index < -0.39 is 10.0 Å². The molecule has 6 nitrogen and oxygen atoms in total. The van der Waals surface area contributed by atoms with Gasteiger partial charge in [0.25, 0.3) is 10.0 Å². The summed E-state index contributed by atoms with van der Waals surface area (Å²) in [6, 6.07) is 10.5. The largest absolute Gasteiger partial charge is 0.330 e. The van der Waals surface area contributed by atoms with Crippen molar-refractivity contribution < 1.29 is 8.42 Å². The molecule has 0 fully saturated rings. The Balaban J connectivity index is 1.66. The van der Waals surface area contributed by atoms with Gasteiger partial charge in [0.05, 0.1) is 15.4 Å². The van der Waals surface area contributed by atoms with Gasteiger partial charge >= 0.3 is 5.69 Å². The Labute approximate surface area is 153 Å². The number of aromatic amines is 1. The molecular weight excluding hydrogens is 382 g/mol. The third-order valence-corrected chi connectivity index (χ3v) is 7.73. The number of imidazole rings is 1. The minimum atomic E-state index is -3.56. The summed E-state index contributed by atoms with van der Waals surface area (Å²) >= 11 is 6.90. The number of hydrogen-bond donors (Lipinski definition) is 1. The molecule has 1 N–H and O–H groups in total. The van der Waals surface area contributed by atoms with E-state index in [0.717, 1.165) is 28.1 Å². The van der Waals surface area contributed by atoms with Gasteiger partial charge in [-0.3, -0.25) is 4.57 Å². The van der Waals surface area contributed by atoms with E-state index >= 15 is 0 Å². The normalized spacial score (nSPS) is 16.3. The monoisotopic (exact) mass is 395 g/mol. The Bertz CT molecular complexity index is 1140. The molecule has 0 saturated heterocycles. The summed E-state index contributed by atoms with van der Waals surface area (Å²) in [7, 11) is -3.56. The maximum absolute atomic E-state index is 12.6. The molecule has 0 amide bonds. The van der Waals surface area contributed by atoms with Crippen LogP contribution in [0.3, 0.4) is 0 Å². The minimum Gasteiger partial charge on any atom is -0.305 e. The van der Waals surface area contributed by atoms with E-state index in [1.165, 1.54) is 10.4 Å². The first-order valence-electron chi connectivity index (χ1n) is 7.61. The van der Waals surface area contributed by atoms with Crippen LogP contribution in [0.15, 0.2) is 51.5 Å². The zero-order valence-corrected chi connectivity index (χ0v) is 15.4. The van der Waals surface area contributed by atoms with E-state index in [1.807, 2.05) is 24.3 Å². The number of halogens is 1. The fourth-order valence-electron chi connectivity index (χ4n) is 2.96. The van der Waals surface area contributed by atoms with Gasteiger partial charge in [0.2, 0.25) is 0 Å². The minimum absolute atomic E-state index is 0.214. The van der Waals surface area contributed by atoms with Crippen molar-refractivity contribution in [2.24, 2.45) is 0 Å².